The summed E-state index contributed by atoms with van der Waals surface area (Å²) in [5, 5.41) is 37.1. The molecule has 2 heterocycles. The van der Waals surface area contributed by atoms with E-state index in [0.29, 0.717) is 31.3 Å². The Kier molecular flexibility index (Phi) is 16.6. The number of fused-ring (bicyclic) bond motifs is 1. The van der Waals surface area contributed by atoms with Gasteiger partial charge < -0.3 is 53.9 Å². The summed E-state index contributed by atoms with van der Waals surface area (Å²) in [7, 11) is -5.49. The first-order chi connectivity index (χ1) is 20.4. The number of rotatable bonds is 12. The Morgan fingerprint density at radius 2 is 1.65 bits per heavy atom. The van der Waals surface area contributed by atoms with Gasteiger partial charge in [-0.05, 0) is 51.3 Å². The van der Waals surface area contributed by atoms with Crippen LogP contribution in [0.2, 0.25) is 0 Å². The van der Waals surface area contributed by atoms with Gasteiger partial charge in [-0.1, -0.05) is 0 Å². The van der Waals surface area contributed by atoms with Gasteiger partial charge in [-0.25, -0.2) is 18.0 Å². The third-order valence-corrected chi connectivity index (χ3v) is 6.46. The molecule has 4 N–H and O–H groups in total. The number of hydrogen-bond acceptors (Lipinski definition) is 15. The number of ether oxygens (including phenoxy) is 3. The summed E-state index contributed by atoms with van der Waals surface area (Å²) in [6.45, 7) is 5.87. The normalized spacial score (nSPS) is 21.3. The van der Waals surface area contributed by atoms with E-state index in [2.05, 4.69) is 14.8 Å². The van der Waals surface area contributed by atoms with Crippen molar-refractivity contribution in [3.63, 3.8) is 0 Å². The molecule has 1 fully saturated rings. The molecule has 0 bridgehead atoms. The van der Waals surface area contributed by atoms with Crippen molar-refractivity contribution >= 4 is 39.3 Å². The Balaban J connectivity index is 0.00000529. The molecule has 5 atom stereocenters. The maximum atomic E-state index is 12.5. The molecule has 0 spiro atoms. The molecule has 17 nitrogen and oxygen atoms in total. The fourth-order valence-electron chi connectivity index (χ4n) is 4.15. The molecule has 46 heavy (non-hydrogen) atoms. The second-order valence-corrected chi connectivity index (χ2v) is 11.7. The number of unbranched alkanes of at least 4 members (excludes halogenated alkanes) is 1. The van der Waals surface area contributed by atoms with E-state index >= 15 is 0 Å². The second-order valence-electron chi connectivity index (χ2n) is 10.7. The molecule has 2 aromatic rings. The van der Waals surface area contributed by atoms with E-state index in [0.717, 1.165) is 12.1 Å². The van der Waals surface area contributed by atoms with Gasteiger partial charge in [-0.2, -0.15) is 0 Å². The number of benzene rings is 1. The minimum atomic E-state index is -5.49. The number of carbonyl (C=O) groups excluding carboxylic acids is 3. The van der Waals surface area contributed by atoms with Gasteiger partial charge in [-0.15, -0.1) is 0 Å². The van der Waals surface area contributed by atoms with Crippen LogP contribution in [0.5, 0.6) is 5.75 Å². The molecular weight excluding hydrogens is 658 g/mol. The summed E-state index contributed by atoms with van der Waals surface area (Å²) >= 11 is 0. The minimum Gasteiger partial charge on any atom is -0.726 e. The largest absolute Gasteiger partial charge is 1.00 e. The van der Waals surface area contributed by atoms with E-state index in [1.807, 2.05) is 0 Å². The number of aliphatic hydroxyl groups excluding tert-OH is 2. The number of aliphatic hydroxyl groups is 2. The van der Waals surface area contributed by atoms with Gasteiger partial charge in [0.2, 0.25) is 22.6 Å². The van der Waals surface area contributed by atoms with Gasteiger partial charge in [0.05, 0.1) is 12.4 Å². The molecule has 0 unspecified atom stereocenters. The topological polar surface area (TPSA) is 263 Å². The molecule has 1 aliphatic rings. The van der Waals surface area contributed by atoms with Crippen LogP contribution in [0.15, 0.2) is 33.5 Å². The molecule has 3 rings (SSSR count). The molecule has 0 aliphatic carbocycles. The first-order valence-electron chi connectivity index (χ1n) is 13.3. The summed E-state index contributed by atoms with van der Waals surface area (Å²) < 4.78 is 58.5. The maximum Gasteiger partial charge on any atom is 1.00 e. The van der Waals surface area contributed by atoms with Crippen LogP contribution in [0.4, 0.5) is 4.79 Å². The predicted molar refractivity (Wildman–Crippen MR) is 144 cm³/mol. The van der Waals surface area contributed by atoms with Crippen molar-refractivity contribution in [1.29, 1.82) is 0 Å². The molecule has 1 saturated heterocycles. The third-order valence-electron chi connectivity index (χ3n) is 6.01. The Labute approximate surface area is 307 Å². The molecular formula is C26H32N2Na2O15S. The van der Waals surface area contributed by atoms with E-state index in [4.69, 9.17) is 18.6 Å². The molecule has 244 valence electrons. The Morgan fingerprint density at radius 1 is 1.02 bits per heavy atom. The summed E-state index contributed by atoms with van der Waals surface area (Å²) in [4.78, 5) is 47.7. The first-order valence-corrected chi connectivity index (χ1v) is 14.6. The van der Waals surface area contributed by atoms with Crippen LogP contribution in [0.1, 0.15) is 39.2 Å². The van der Waals surface area contributed by atoms with E-state index in [1.54, 1.807) is 20.8 Å². The number of alkyl carbamates (subject to hydrolysis) is 1. The van der Waals surface area contributed by atoms with Crippen LogP contribution in [0.3, 0.4) is 0 Å². The monoisotopic (exact) mass is 690 g/mol. The summed E-state index contributed by atoms with van der Waals surface area (Å²) in [6.07, 6.45) is -10.6. The fourth-order valence-corrected chi connectivity index (χ4v) is 4.62. The van der Waals surface area contributed by atoms with E-state index in [9.17, 15) is 47.5 Å². The number of carbonyl (C=O) groups is 3. The summed E-state index contributed by atoms with van der Waals surface area (Å²) in [5.74, 6) is -2.60. The van der Waals surface area contributed by atoms with E-state index < -0.39 is 70.3 Å². The zero-order valence-electron chi connectivity index (χ0n) is 25.8. The Morgan fingerprint density at radius 3 is 2.24 bits per heavy atom. The zero-order valence-corrected chi connectivity index (χ0v) is 30.7. The molecule has 20 heteroatoms. The summed E-state index contributed by atoms with van der Waals surface area (Å²) in [5.41, 5.74) is -1.24. The van der Waals surface area contributed by atoms with E-state index in [1.165, 1.54) is 12.1 Å². The first kappa shape index (κ1) is 42.2. The number of aliphatic carboxylic acids is 1. The smallest absolute Gasteiger partial charge is 0.726 e. The van der Waals surface area contributed by atoms with Gasteiger partial charge >= 0.3 is 70.8 Å². The Bertz CT molecular complexity index is 1530. The maximum absolute atomic E-state index is 12.5. The van der Waals surface area contributed by atoms with Crippen LogP contribution in [0.25, 0.3) is 11.0 Å². The van der Waals surface area contributed by atoms with Gasteiger partial charge in [-0.3, -0.25) is 8.98 Å². The number of nitrogens with one attached hydrogen (secondary N) is 2. The average Bonchev–Trinajstić information content (AvgIpc) is 2.88. The predicted octanol–water partition coefficient (Wildman–Crippen LogP) is -7.81. The quantitative estimate of drug-likeness (QED) is 0.0530. The van der Waals surface area contributed by atoms with Crippen molar-refractivity contribution in [2.24, 2.45) is 0 Å². The molecule has 1 aromatic carbocycles. The standard InChI is InChI=1S/C26H34N2O15S.2Na/c1-26(2,3)42-25(35)28-9-5-4-8-27-17(29)10-13-11-18(30)40-16-12-14(6-7-15(13)16)39-24-22(43-44(36,37)38)20(32)19(31)21(41-24)23(33)34;;/h6-7,11-12,19-22,24,31-32H,4-5,8-10H2,1-3H3,(H,27,29)(H,28,35)(H,33,34)(H,36,37,38);;/q;2*+1/p-2/t19-,20-,21+,22+,24+;;/m0../s1. The van der Waals surface area contributed by atoms with Crippen molar-refractivity contribution in [3.8, 4) is 5.75 Å². The number of carboxylic acid groups (broad SMARTS) is 1. The van der Waals surface area contributed by atoms with Crippen LogP contribution < -0.4 is 85.2 Å². The van der Waals surface area contributed by atoms with Crippen molar-refractivity contribution in [2.75, 3.05) is 13.1 Å². The van der Waals surface area contributed by atoms with Gasteiger partial charge in [0.25, 0.3) is 0 Å². The van der Waals surface area contributed by atoms with Crippen molar-refractivity contribution in [3.05, 3.63) is 40.2 Å². The van der Waals surface area contributed by atoms with Crippen LogP contribution in [0, 0.1) is 0 Å². The number of amides is 2. The SMILES string of the molecule is CC(C)(C)OC(=O)NCCCCNC(=O)Cc1cc(=O)oc2cc(O[C@@H]3O[C@@H](C(=O)[O-])[C@@H](O)[C@H](O)[C@H]3OS(=O)(=O)[O-])ccc12.[Na+].[Na+]. The molecule has 2 amide bonds. The van der Waals surface area contributed by atoms with Crippen molar-refractivity contribution < 1.29 is 125 Å². The summed E-state index contributed by atoms with van der Waals surface area (Å²) in [6, 6.07) is 4.89. The number of carboxylic acids is 1. The molecule has 0 saturated carbocycles. The van der Waals surface area contributed by atoms with Gasteiger partial charge in [0.1, 0.15) is 35.2 Å². The van der Waals surface area contributed by atoms with Crippen LogP contribution in [-0.4, -0.2) is 90.5 Å². The minimum absolute atomic E-state index is 0. The van der Waals surface area contributed by atoms with E-state index in [-0.39, 0.29) is 82.4 Å². The third kappa shape index (κ3) is 13.0. The molecule has 1 aliphatic heterocycles. The second kappa shape index (κ2) is 18.1. The zero-order chi connectivity index (χ0) is 32.8. The average molecular weight is 691 g/mol. The van der Waals surface area contributed by atoms with Gasteiger partial charge in [0.15, 0.2) is 6.10 Å². The van der Waals surface area contributed by atoms with Crippen molar-refractivity contribution in [2.45, 2.75) is 76.3 Å². The van der Waals surface area contributed by atoms with Gasteiger partial charge in [0, 0.05) is 30.6 Å². The van der Waals surface area contributed by atoms with Crippen LogP contribution >= 0.6 is 0 Å². The Hall–Kier alpha value is -1.81. The molecule has 1 aromatic heterocycles. The van der Waals surface area contributed by atoms with Crippen LogP contribution in [-0.2, 0) is 40.1 Å². The fraction of sp³-hybridized carbons (Fsp3) is 0.538. The number of hydrogen-bond donors (Lipinski definition) is 4. The molecule has 0 radical (unpaired) electrons. The van der Waals surface area contributed by atoms with Crippen molar-refractivity contribution in [1.82, 2.24) is 10.6 Å².